The van der Waals surface area contributed by atoms with Gasteiger partial charge in [-0.15, -0.1) is 11.8 Å². The summed E-state index contributed by atoms with van der Waals surface area (Å²) >= 11 is 5.18. The van der Waals surface area contributed by atoms with Crippen LogP contribution in [0.15, 0.2) is 39.8 Å². The van der Waals surface area contributed by atoms with Gasteiger partial charge in [0.1, 0.15) is 0 Å². The highest BCUT2D eigenvalue weighted by molar-refractivity contribution is 9.10. The second kappa shape index (κ2) is 4.19. The Kier molecular flexibility index (Phi) is 2.93. The van der Waals surface area contributed by atoms with Crippen molar-refractivity contribution in [1.82, 2.24) is 10.2 Å². The Labute approximate surface area is 95.2 Å². The van der Waals surface area contributed by atoms with Crippen LogP contribution < -0.4 is 0 Å². The molecule has 1 N–H and O–H groups in total. The van der Waals surface area contributed by atoms with Gasteiger partial charge in [-0.25, -0.2) is 0 Å². The number of rotatable bonds is 2. The van der Waals surface area contributed by atoms with Gasteiger partial charge in [-0.1, -0.05) is 12.1 Å². The van der Waals surface area contributed by atoms with E-state index in [2.05, 4.69) is 56.6 Å². The molecule has 72 valence electrons. The van der Waals surface area contributed by atoms with Gasteiger partial charge >= 0.3 is 0 Å². The topological polar surface area (TPSA) is 28.7 Å². The molecule has 0 unspecified atom stereocenters. The number of H-pyrrole nitrogens is 1. The smallest absolute Gasteiger partial charge is 0.0792 e. The Balaban J connectivity index is 2.39. The first kappa shape index (κ1) is 9.80. The Bertz CT molecular complexity index is 422. The van der Waals surface area contributed by atoms with E-state index in [4.69, 9.17) is 0 Å². The molecular weight excluding hydrogens is 260 g/mol. The highest BCUT2D eigenvalue weighted by Gasteiger charge is 2.03. The van der Waals surface area contributed by atoms with Crippen molar-refractivity contribution in [1.29, 1.82) is 0 Å². The molecule has 0 aliphatic heterocycles. The van der Waals surface area contributed by atoms with Crippen molar-refractivity contribution in [2.45, 2.75) is 4.90 Å². The van der Waals surface area contributed by atoms with Gasteiger partial charge in [0, 0.05) is 10.5 Å². The highest BCUT2D eigenvalue weighted by atomic mass is 79.9. The molecule has 1 aromatic heterocycles. The number of hydrogen-bond acceptors (Lipinski definition) is 2. The number of aromatic nitrogens is 2. The highest BCUT2D eigenvalue weighted by Crippen LogP contribution is 2.26. The van der Waals surface area contributed by atoms with E-state index in [0.29, 0.717) is 0 Å². The second-order valence-electron chi connectivity index (χ2n) is 2.82. The third-order valence-electron chi connectivity index (χ3n) is 1.97. The lowest BCUT2D eigenvalue weighted by Gasteiger charge is -2.00. The molecule has 2 aromatic rings. The predicted octanol–water partition coefficient (Wildman–Crippen LogP) is 3.56. The molecule has 0 radical (unpaired) electrons. The molecule has 0 fully saturated rings. The maximum atomic E-state index is 3.96. The molecule has 0 aliphatic carbocycles. The fourth-order valence-corrected chi connectivity index (χ4v) is 2.06. The van der Waals surface area contributed by atoms with Crippen molar-refractivity contribution in [2.24, 2.45) is 0 Å². The zero-order valence-corrected chi connectivity index (χ0v) is 10.0. The van der Waals surface area contributed by atoms with E-state index >= 15 is 0 Å². The fourth-order valence-electron chi connectivity index (χ4n) is 1.23. The van der Waals surface area contributed by atoms with Gasteiger partial charge in [-0.05, 0) is 34.3 Å². The Morgan fingerprint density at radius 2 is 2.00 bits per heavy atom. The average Bonchev–Trinajstić information content (AvgIpc) is 2.65. The quantitative estimate of drug-likeness (QED) is 0.844. The zero-order chi connectivity index (χ0) is 9.97. The summed E-state index contributed by atoms with van der Waals surface area (Å²) in [5, 5.41) is 6.92. The lowest BCUT2D eigenvalue weighted by molar-refractivity contribution is 1.09. The van der Waals surface area contributed by atoms with E-state index in [9.17, 15) is 0 Å². The normalized spacial score (nSPS) is 10.4. The van der Waals surface area contributed by atoms with Crippen LogP contribution in [0.3, 0.4) is 0 Å². The van der Waals surface area contributed by atoms with Gasteiger partial charge in [0.25, 0.3) is 0 Å². The van der Waals surface area contributed by atoms with Gasteiger partial charge < -0.3 is 0 Å². The first-order valence-electron chi connectivity index (χ1n) is 4.14. The van der Waals surface area contributed by atoms with E-state index in [-0.39, 0.29) is 0 Å². The van der Waals surface area contributed by atoms with Gasteiger partial charge in [-0.3, -0.25) is 5.10 Å². The molecule has 1 heterocycles. The molecule has 0 bridgehead atoms. The van der Waals surface area contributed by atoms with Crippen LogP contribution in [0.25, 0.3) is 11.3 Å². The molecular formula is C10H9BrN2S. The second-order valence-corrected chi connectivity index (χ2v) is 4.56. The maximum Gasteiger partial charge on any atom is 0.0792 e. The minimum absolute atomic E-state index is 0.995. The zero-order valence-electron chi connectivity index (χ0n) is 7.62. The molecule has 0 saturated heterocycles. The molecule has 2 rings (SSSR count). The first-order chi connectivity index (χ1) is 6.81. The monoisotopic (exact) mass is 268 g/mol. The summed E-state index contributed by atoms with van der Waals surface area (Å²) in [5.41, 5.74) is 2.17. The van der Waals surface area contributed by atoms with E-state index in [1.807, 2.05) is 0 Å². The number of hydrogen-bond donors (Lipinski definition) is 1. The number of nitrogens with one attached hydrogen (secondary N) is 1. The molecule has 0 spiro atoms. The Morgan fingerprint density at radius 1 is 1.29 bits per heavy atom. The SMILES string of the molecule is CSc1ccc(-c2[nH]ncc2Br)cc1. The van der Waals surface area contributed by atoms with E-state index < -0.39 is 0 Å². The molecule has 0 amide bonds. The van der Waals surface area contributed by atoms with Crippen LogP contribution in [0.5, 0.6) is 0 Å². The predicted molar refractivity (Wildman–Crippen MR) is 63.5 cm³/mol. The first-order valence-corrected chi connectivity index (χ1v) is 6.16. The van der Waals surface area contributed by atoms with Crippen LogP contribution in [0.2, 0.25) is 0 Å². The summed E-state index contributed by atoms with van der Waals surface area (Å²) in [6, 6.07) is 8.38. The standard InChI is InChI=1S/C10H9BrN2S/c1-14-8-4-2-7(3-5-8)10-9(11)6-12-13-10/h2-6H,1H3,(H,12,13). The van der Waals surface area contributed by atoms with Crippen molar-refractivity contribution < 1.29 is 0 Å². The summed E-state index contributed by atoms with van der Waals surface area (Å²) in [7, 11) is 0. The lowest BCUT2D eigenvalue weighted by atomic mass is 10.2. The van der Waals surface area contributed by atoms with E-state index in [0.717, 1.165) is 15.7 Å². The Hall–Kier alpha value is -0.740. The van der Waals surface area contributed by atoms with Crippen LogP contribution in [0.4, 0.5) is 0 Å². The summed E-state index contributed by atoms with van der Waals surface area (Å²) < 4.78 is 0.995. The number of thioether (sulfide) groups is 1. The van der Waals surface area contributed by atoms with Gasteiger partial charge in [0.15, 0.2) is 0 Å². The number of benzene rings is 1. The molecule has 4 heteroatoms. The van der Waals surface area contributed by atoms with E-state index in [1.165, 1.54) is 4.90 Å². The van der Waals surface area contributed by atoms with Crippen LogP contribution in [0, 0.1) is 0 Å². The minimum Gasteiger partial charge on any atom is -0.277 e. The van der Waals surface area contributed by atoms with Gasteiger partial charge in [-0.2, -0.15) is 5.10 Å². The van der Waals surface area contributed by atoms with Crippen molar-refractivity contribution in [2.75, 3.05) is 6.26 Å². The number of aromatic amines is 1. The molecule has 0 atom stereocenters. The molecule has 0 saturated carbocycles. The van der Waals surface area contributed by atoms with Crippen molar-refractivity contribution in [3.8, 4) is 11.3 Å². The maximum absolute atomic E-state index is 3.96. The van der Waals surface area contributed by atoms with Crippen molar-refractivity contribution in [3.05, 3.63) is 34.9 Å². The van der Waals surface area contributed by atoms with Crippen molar-refractivity contribution in [3.63, 3.8) is 0 Å². The van der Waals surface area contributed by atoms with Crippen LogP contribution in [0.1, 0.15) is 0 Å². The summed E-state index contributed by atoms with van der Waals surface area (Å²) in [6.45, 7) is 0. The summed E-state index contributed by atoms with van der Waals surface area (Å²) in [5.74, 6) is 0. The van der Waals surface area contributed by atoms with Gasteiger partial charge in [0.05, 0.1) is 16.4 Å². The molecule has 2 nitrogen and oxygen atoms in total. The lowest BCUT2D eigenvalue weighted by Crippen LogP contribution is -1.79. The van der Waals surface area contributed by atoms with E-state index in [1.54, 1.807) is 18.0 Å². The minimum atomic E-state index is 0.995. The molecule has 14 heavy (non-hydrogen) atoms. The molecule has 1 aromatic carbocycles. The van der Waals surface area contributed by atoms with Gasteiger partial charge in [0.2, 0.25) is 0 Å². The van der Waals surface area contributed by atoms with Crippen LogP contribution >= 0.6 is 27.7 Å². The number of halogens is 1. The fraction of sp³-hybridized carbons (Fsp3) is 0.100. The summed E-state index contributed by atoms with van der Waals surface area (Å²) in [6.07, 6.45) is 3.83. The number of nitrogens with zero attached hydrogens (tertiary/aromatic N) is 1. The largest absolute Gasteiger partial charge is 0.277 e. The third-order valence-corrected chi connectivity index (χ3v) is 3.32. The van der Waals surface area contributed by atoms with Crippen LogP contribution in [-0.2, 0) is 0 Å². The summed E-state index contributed by atoms with van der Waals surface area (Å²) in [4.78, 5) is 1.27. The van der Waals surface area contributed by atoms with Crippen molar-refractivity contribution >= 4 is 27.7 Å². The van der Waals surface area contributed by atoms with Crippen LogP contribution in [-0.4, -0.2) is 16.5 Å². The molecule has 0 aliphatic rings. The average molecular weight is 269 g/mol. The Morgan fingerprint density at radius 3 is 2.50 bits per heavy atom. The third kappa shape index (κ3) is 1.86.